The van der Waals surface area contributed by atoms with E-state index in [-0.39, 0.29) is 18.0 Å². The Kier molecular flexibility index (Phi) is 4.54. The van der Waals surface area contributed by atoms with Gasteiger partial charge in [0.15, 0.2) is 0 Å². The average molecular weight is 280 g/mol. The summed E-state index contributed by atoms with van der Waals surface area (Å²) in [5.74, 6) is 0.889. The molecule has 1 aromatic rings. The van der Waals surface area contributed by atoms with E-state index >= 15 is 0 Å². The summed E-state index contributed by atoms with van der Waals surface area (Å²) in [4.78, 5) is 26.4. The van der Waals surface area contributed by atoms with Gasteiger partial charge < -0.3 is 20.3 Å². The SMILES string of the molecule is CCNc1nc(OCC)nc(N2CCNC(=O)C2C)n1. The quantitative estimate of drug-likeness (QED) is 0.786. The maximum absolute atomic E-state index is 11.7. The summed E-state index contributed by atoms with van der Waals surface area (Å²) < 4.78 is 5.36. The topological polar surface area (TPSA) is 92.3 Å². The minimum absolute atomic E-state index is 0.0281. The third kappa shape index (κ3) is 3.06. The third-order valence-corrected chi connectivity index (χ3v) is 2.97. The van der Waals surface area contributed by atoms with Gasteiger partial charge in [-0.15, -0.1) is 0 Å². The van der Waals surface area contributed by atoms with Crippen molar-refractivity contribution in [2.45, 2.75) is 26.8 Å². The monoisotopic (exact) mass is 280 g/mol. The van der Waals surface area contributed by atoms with Gasteiger partial charge in [0.1, 0.15) is 6.04 Å². The van der Waals surface area contributed by atoms with Crippen LogP contribution in [0.3, 0.4) is 0 Å². The molecule has 0 saturated carbocycles. The molecule has 1 saturated heterocycles. The predicted octanol–water partition coefficient (Wildman–Crippen LogP) is 0.0268. The Morgan fingerprint density at radius 1 is 1.40 bits per heavy atom. The van der Waals surface area contributed by atoms with Gasteiger partial charge in [-0.1, -0.05) is 0 Å². The number of aromatic nitrogens is 3. The van der Waals surface area contributed by atoms with E-state index in [4.69, 9.17) is 4.74 Å². The van der Waals surface area contributed by atoms with E-state index in [1.807, 2.05) is 25.7 Å². The van der Waals surface area contributed by atoms with Gasteiger partial charge in [0, 0.05) is 19.6 Å². The average Bonchev–Trinajstić information content (AvgIpc) is 2.42. The number of nitrogens with zero attached hydrogens (tertiary/aromatic N) is 4. The van der Waals surface area contributed by atoms with Crippen molar-refractivity contribution in [3.8, 4) is 6.01 Å². The molecule has 2 N–H and O–H groups in total. The van der Waals surface area contributed by atoms with Crippen LogP contribution in [0.5, 0.6) is 6.01 Å². The maximum Gasteiger partial charge on any atom is 0.323 e. The number of anilines is 2. The summed E-state index contributed by atoms with van der Waals surface area (Å²) >= 11 is 0. The highest BCUT2D eigenvalue weighted by atomic mass is 16.5. The lowest BCUT2D eigenvalue weighted by Crippen LogP contribution is -2.54. The number of nitrogens with one attached hydrogen (secondary N) is 2. The van der Waals surface area contributed by atoms with Gasteiger partial charge in [0.25, 0.3) is 0 Å². The van der Waals surface area contributed by atoms with Gasteiger partial charge in [-0.05, 0) is 20.8 Å². The zero-order valence-corrected chi connectivity index (χ0v) is 12.0. The number of rotatable bonds is 5. The Morgan fingerprint density at radius 2 is 2.20 bits per heavy atom. The molecule has 110 valence electrons. The molecule has 0 spiro atoms. The molecule has 2 rings (SSSR count). The van der Waals surface area contributed by atoms with E-state index in [9.17, 15) is 4.79 Å². The Bertz CT molecular complexity index is 457. The molecule has 8 heteroatoms. The predicted molar refractivity (Wildman–Crippen MR) is 75.0 cm³/mol. The van der Waals surface area contributed by atoms with E-state index in [2.05, 4.69) is 25.6 Å². The fourth-order valence-corrected chi connectivity index (χ4v) is 1.96. The first-order chi connectivity index (χ1) is 9.65. The van der Waals surface area contributed by atoms with Crippen LogP contribution in [0.15, 0.2) is 0 Å². The highest BCUT2D eigenvalue weighted by Crippen LogP contribution is 2.18. The summed E-state index contributed by atoms with van der Waals surface area (Å²) in [7, 11) is 0. The van der Waals surface area contributed by atoms with Crippen LogP contribution in [-0.4, -0.2) is 53.1 Å². The molecular weight excluding hydrogens is 260 g/mol. The van der Waals surface area contributed by atoms with Crippen LogP contribution in [0.2, 0.25) is 0 Å². The molecule has 1 amide bonds. The first-order valence-electron chi connectivity index (χ1n) is 6.82. The van der Waals surface area contributed by atoms with E-state index < -0.39 is 0 Å². The normalized spacial score (nSPS) is 18.6. The van der Waals surface area contributed by atoms with Crippen molar-refractivity contribution in [1.29, 1.82) is 0 Å². The van der Waals surface area contributed by atoms with Crippen LogP contribution >= 0.6 is 0 Å². The molecule has 0 aliphatic carbocycles. The highest BCUT2D eigenvalue weighted by Gasteiger charge is 2.28. The minimum atomic E-state index is -0.310. The van der Waals surface area contributed by atoms with Gasteiger partial charge in [0.05, 0.1) is 6.61 Å². The van der Waals surface area contributed by atoms with Crippen LogP contribution in [0, 0.1) is 0 Å². The molecule has 1 fully saturated rings. The summed E-state index contributed by atoms with van der Waals surface area (Å²) in [5, 5.41) is 5.85. The lowest BCUT2D eigenvalue weighted by Gasteiger charge is -2.32. The van der Waals surface area contributed by atoms with Gasteiger partial charge in [-0.3, -0.25) is 4.79 Å². The van der Waals surface area contributed by atoms with E-state index in [0.29, 0.717) is 38.1 Å². The number of amides is 1. The molecule has 1 unspecified atom stereocenters. The fourth-order valence-electron chi connectivity index (χ4n) is 1.96. The lowest BCUT2D eigenvalue weighted by atomic mass is 10.2. The standard InChI is InChI=1S/C12H20N6O2/c1-4-13-10-15-11(17-12(16-10)20-5-2)18-7-6-14-9(19)8(18)3/h8H,4-7H2,1-3H3,(H,14,19)(H,13,15,16,17). The van der Waals surface area contributed by atoms with Crippen molar-refractivity contribution < 1.29 is 9.53 Å². The van der Waals surface area contributed by atoms with E-state index in [0.717, 1.165) is 0 Å². The van der Waals surface area contributed by atoms with Crippen LogP contribution in [-0.2, 0) is 4.79 Å². The lowest BCUT2D eigenvalue weighted by molar-refractivity contribution is -0.122. The Hall–Kier alpha value is -2.12. The van der Waals surface area contributed by atoms with Gasteiger partial charge in [-0.2, -0.15) is 15.0 Å². The van der Waals surface area contributed by atoms with Crippen LogP contribution < -0.4 is 20.3 Å². The van der Waals surface area contributed by atoms with Gasteiger partial charge in [0.2, 0.25) is 17.8 Å². The van der Waals surface area contributed by atoms with Crippen LogP contribution in [0.1, 0.15) is 20.8 Å². The van der Waals surface area contributed by atoms with Crippen molar-refractivity contribution in [3.63, 3.8) is 0 Å². The number of hydrogen-bond acceptors (Lipinski definition) is 7. The zero-order valence-electron chi connectivity index (χ0n) is 12.0. The van der Waals surface area contributed by atoms with Crippen molar-refractivity contribution in [2.24, 2.45) is 0 Å². The molecule has 2 heterocycles. The molecule has 1 aliphatic rings. The Balaban J connectivity index is 2.31. The molecule has 0 aromatic carbocycles. The van der Waals surface area contributed by atoms with Crippen molar-refractivity contribution >= 4 is 17.8 Å². The molecule has 20 heavy (non-hydrogen) atoms. The van der Waals surface area contributed by atoms with Crippen molar-refractivity contribution in [3.05, 3.63) is 0 Å². The summed E-state index contributed by atoms with van der Waals surface area (Å²) in [6.45, 7) is 8.07. The molecule has 1 aliphatic heterocycles. The van der Waals surface area contributed by atoms with Gasteiger partial charge >= 0.3 is 6.01 Å². The second-order valence-corrected chi connectivity index (χ2v) is 4.37. The van der Waals surface area contributed by atoms with Crippen molar-refractivity contribution in [1.82, 2.24) is 20.3 Å². The molecule has 8 nitrogen and oxygen atoms in total. The first-order valence-corrected chi connectivity index (χ1v) is 6.82. The second-order valence-electron chi connectivity index (χ2n) is 4.37. The van der Waals surface area contributed by atoms with Crippen molar-refractivity contribution in [2.75, 3.05) is 36.5 Å². The molecule has 1 atom stereocenters. The van der Waals surface area contributed by atoms with Crippen LogP contribution in [0.25, 0.3) is 0 Å². The number of hydrogen-bond donors (Lipinski definition) is 2. The minimum Gasteiger partial charge on any atom is -0.464 e. The Morgan fingerprint density at radius 3 is 2.90 bits per heavy atom. The number of piperazine rings is 1. The molecular formula is C12H20N6O2. The molecule has 1 aromatic heterocycles. The first kappa shape index (κ1) is 14.3. The second kappa shape index (κ2) is 6.36. The molecule has 0 radical (unpaired) electrons. The highest BCUT2D eigenvalue weighted by molar-refractivity contribution is 5.85. The van der Waals surface area contributed by atoms with Crippen LogP contribution in [0.4, 0.5) is 11.9 Å². The summed E-state index contributed by atoms with van der Waals surface area (Å²) in [6, 6.07) is -0.0401. The fraction of sp³-hybridized carbons (Fsp3) is 0.667. The zero-order chi connectivity index (χ0) is 14.5. The van der Waals surface area contributed by atoms with E-state index in [1.54, 1.807) is 0 Å². The molecule has 0 bridgehead atoms. The summed E-state index contributed by atoms with van der Waals surface area (Å²) in [6.07, 6.45) is 0. The largest absolute Gasteiger partial charge is 0.464 e. The van der Waals surface area contributed by atoms with Gasteiger partial charge in [-0.25, -0.2) is 0 Å². The van der Waals surface area contributed by atoms with E-state index in [1.165, 1.54) is 0 Å². The maximum atomic E-state index is 11.7. The number of carbonyl (C=O) groups is 1. The third-order valence-electron chi connectivity index (χ3n) is 2.97. The Labute approximate surface area is 118 Å². The number of carbonyl (C=O) groups excluding carboxylic acids is 1. The smallest absolute Gasteiger partial charge is 0.323 e. The number of ether oxygens (including phenoxy) is 1. The summed E-state index contributed by atoms with van der Waals surface area (Å²) in [5.41, 5.74) is 0.